The van der Waals surface area contributed by atoms with Crippen LogP contribution in [-0.4, -0.2) is 5.79 Å². The van der Waals surface area contributed by atoms with E-state index < -0.39 is 30.9 Å². The molecule has 0 aromatic heterocycles. The third kappa shape index (κ3) is 4.37. The highest BCUT2D eigenvalue weighted by molar-refractivity contribution is 7.87. The smallest absolute Gasteiger partial charge is 0.253 e. The van der Waals surface area contributed by atoms with Crippen LogP contribution in [-0.2, 0) is 20.0 Å². The standard InChI is InChI=1S/C47H42O4P2/c1-29-23-35-43(41(25-29)52(48)37-19-11-7-15-31(37)32-16-8-12-20-38(32)52)50-47(27-45(35,3)4)28-46(5,6)36-24-30(2)26-42(44(36)51-47)53(49)39-21-13-9-17-33(39)34-18-10-14-22-40(34)53/h7-26H,27-28H2,1-6H3. The first kappa shape index (κ1) is 33.0. The van der Waals surface area contributed by atoms with Gasteiger partial charge in [0.1, 0.15) is 11.5 Å². The lowest BCUT2D eigenvalue weighted by atomic mass is 9.69. The number of rotatable bonds is 2. The largest absolute Gasteiger partial charge is 0.451 e. The van der Waals surface area contributed by atoms with Crippen LogP contribution in [0.1, 0.15) is 62.8 Å². The topological polar surface area (TPSA) is 52.6 Å². The van der Waals surface area contributed by atoms with E-state index in [0.717, 1.165) is 76.3 Å². The van der Waals surface area contributed by atoms with Gasteiger partial charge in [0.05, 0.1) is 10.6 Å². The fourth-order valence-electron chi connectivity index (χ4n) is 10.0. The second-order valence-electron chi connectivity index (χ2n) is 16.8. The maximum Gasteiger partial charge on any atom is 0.253 e. The van der Waals surface area contributed by atoms with Crippen molar-refractivity contribution in [2.45, 2.75) is 71.0 Å². The molecule has 0 bridgehead atoms. The number of ether oxygens (including phenoxy) is 2. The Kier molecular flexibility index (Phi) is 6.69. The summed E-state index contributed by atoms with van der Waals surface area (Å²) in [4.78, 5) is 0. The third-order valence-electron chi connectivity index (χ3n) is 12.1. The van der Waals surface area contributed by atoms with Crippen molar-refractivity contribution in [3.63, 3.8) is 0 Å². The van der Waals surface area contributed by atoms with E-state index in [4.69, 9.17) is 9.47 Å². The van der Waals surface area contributed by atoms with E-state index >= 15 is 9.13 Å². The van der Waals surface area contributed by atoms with Crippen LogP contribution in [0.4, 0.5) is 0 Å². The first-order valence-electron chi connectivity index (χ1n) is 18.6. The molecular weight excluding hydrogens is 690 g/mol. The molecular formula is C47H42O4P2. The summed E-state index contributed by atoms with van der Waals surface area (Å²) < 4.78 is 47.0. The van der Waals surface area contributed by atoms with Crippen LogP contribution in [0.25, 0.3) is 22.3 Å². The lowest BCUT2D eigenvalue weighted by Crippen LogP contribution is -2.57. The quantitative estimate of drug-likeness (QED) is 0.167. The van der Waals surface area contributed by atoms with Crippen molar-refractivity contribution in [3.8, 4) is 33.8 Å². The van der Waals surface area contributed by atoms with Gasteiger partial charge in [0, 0.05) is 56.0 Å². The third-order valence-corrected chi connectivity index (χ3v) is 18.4. The van der Waals surface area contributed by atoms with Crippen LogP contribution in [0.2, 0.25) is 0 Å². The molecule has 4 nitrogen and oxygen atoms in total. The molecule has 0 amide bonds. The Morgan fingerprint density at radius 3 is 1.08 bits per heavy atom. The highest BCUT2D eigenvalue weighted by Gasteiger charge is 2.57. The van der Waals surface area contributed by atoms with Gasteiger partial charge >= 0.3 is 0 Å². The summed E-state index contributed by atoms with van der Waals surface area (Å²) in [5.41, 5.74) is 7.42. The summed E-state index contributed by atoms with van der Waals surface area (Å²) in [6.07, 6.45) is 1.14. The first-order valence-corrected chi connectivity index (χ1v) is 22.0. The van der Waals surface area contributed by atoms with E-state index in [2.05, 4.69) is 90.1 Å². The molecule has 4 aliphatic rings. The van der Waals surface area contributed by atoms with Gasteiger partial charge in [0.15, 0.2) is 14.3 Å². The first-order chi connectivity index (χ1) is 25.3. The fourth-order valence-corrected chi connectivity index (χ4v) is 16.6. The average molecular weight is 733 g/mol. The van der Waals surface area contributed by atoms with Crippen molar-refractivity contribution >= 4 is 46.1 Å². The van der Waals surface area contributed by atoms with E-state index in [1.807, 2.05) is 72.8 Å². The molecule has 264 valence electrons. The van der Waals surface area contributed by atoms with Gasteiger partial charge in [-0.3, -0.25) is 0 Å². The summed E-state index contributed by atoms with van der Waals surface area (Å²) in [5.74, 6) is 0.187. The molecule has 0 N–H and O–H groups in total. The molecule has 4 heterocycles. The maximum atomic E-state index is 16.1. The van der Waals surface area contributed by atoms with E-state index in [1.54, 1.807) is 0 Å². The highest BCUT2D eigenvalue weighted by Crippen LogP contribution is 2.61. The van der Waals surface area contributed by atoms with Crippen LogP contribution < -0.4 is 41.3 Å². The minimum atomic E-state index is -3.35. The predicted octanol–water partition coefficient (Wildman–Crippen LogP) is 9.06. The molecule has 6 aromatic carbocycles. The maximum absolute atomic E-state index is 16.1. The molecule has 10 rings (SSSR count). The Morgan fingerprint density at radius 2 is 0.755 bits per heavy atom. The van der Waals surface area contributed by atoms with Crippen molar-refractivity contribution in [2.75, 3.05) is 0 Å². The van der Waals surface area contributed by atoms with Crippen molar-refractivity contribution in [2.24, 2.45) is 0 Å². The molecule has 4 aliphatic heterocycles. The molecule has 0 saturated carbocycles. The second kappa shape index (κ2) is 10.7. The van der Waals surface area contributed by atoms with Gasteiger partial charge in [0.2, 0.25) is 0 Å². The zero-order valence-electron chi connectivity index (χ0n) is 31.0. The number of aryl methyl sites for hydroxylation is 2. The molecule has 0 saturated heterocycles. The predicted molar refractivity (Wildman–Crippen MR) is 218 cm³/mol. The zero-order chi connectivity index (χ0) is 36.7. The number of benzene rings is 6. The number of fused-ring (bicyclic) bond motifs is 8. The molecule has 6 aromatic rings. The Hall–Kier alpha value is -4.62. The molecule has 1 spiro atoms. The monoisotopic (exact) mass is 732 g/mol. The van der Waals surface area contributed by atoms with Gasteiger partial charge in [-0.25, -0.2) is 0 Å². The van der Waals surface area contributed by atoms with Gasteiger partial charge in [-0.1, -0.05) is 137 Å². The summed E-state index contributed by atoms with van der Waals surface area (Å²) in [7, 11) is -6.71. The van der Waals surface area contributed by atoms with Crippen LogP contribution >= 0.6 is 14.3 Å². The van der Waals surface area contributed by atoms with Gasteiger partial charge in [-0.2, -0.15) is 0 Å². The van der Waals surface area contributed by atoms with E-state index in [-0.39, 0.29) is 0 Å². The Labute approximate surface area is 312 Å². The average Bonchev–Trinajstić information content (AvgIpc) is 3.55. The SMILES string of the molecule is Cc1cc2c(c(P3(=O)c4ccccc4-c4ccccc43)c1)OC1(CC2(C)C)CC(C)(C)c2cc(C)cc(P3(=O)c4ccccc4-c4ccccc43)c2O1. The summed E-state index contributed by atoms with van der Waals surface area (Å²) in [6.45, 7) is 13.2. The minimum absolute atomic E-state index is 0.401. The van der Waals surface area contributed by atoms with E-state index in [1.165, 1.54) is 0 Å². The van der Waals surface area contributed by atoms with Crippen LogP contribution in [0, 0.1) is 13.8 Å². The van der Waals surface area contributed by atoms with Crippen molar-refractivity contribution in [3.05, 3.63) is 144 Å². The summed E-state index contributed by atoms with van der Waals surface area (Å²) in [5, 5.41) is 4.83. The molecule has 53 heavy (non-hydrogen) atoms. The number of hydrogen-bond acceptors (Lipinski definition) is 4. The molecule has 0 aliphatic carbocycles. The Balaban J connectivity index is 1.20. The zero-order valence-corrected chi connectivity index (χ0v) is 32.8. The van der Waals surface area contributed by atoms with E-state index in [0.29, 0.717) is 24.3 Å². The normalized spacial score (nSPS) is 19.4. The molecule has 0 unspecified atom stereocenters. The van der Waals surface area contributed by atoms with Crippen LogP contribution in [0.3, 0.4) is 0 Å². The second-order valence-corrected chi connectivity index (χ2v) is 22.2. The van der Waals surface area contributed by atoms with Crippen LogP contribution in [0.15, 0.2) is 121 Å². The Morgan fingerprint density at radius 1 is 0.453 bits per heavy atom. The molecule has 6 heteroatoms. The highest BCUT2D eigenvalue weighted by atomic mass is 31.2. The van der Waals surface area contributed by atoms with Crippen molar-refractivity contribution in [1.82, 2.24) is 0 Å². The minimum Gasteiger partial charge on any atom is -0.451 e. The fraction of sp³-hybridized carbons (Fsp3) is 0.234. The van der Waals surface area contributed by atoms with Crippen molar-refractivity contribution < 1.29 is 18.6 Å². The lowest BCUT2D eigenvalue weighted by molar-refractivity contribution is -0.165. The van der Waals surface area contributed by atoms with Crippen molar-refractivity contribution in [1.29, 1.82) is 0 Å². The number of hydrogen-bond donors (Lipinski definition) is 0. The Bertz CT molecular complexity index is 2400. The van der Waals surface area contributed by atoms with E-state index in [9.17, 15) is 0 Å². The van der Waals surface area contributed by atoms with Gasteiger partial charge in [0.25, 0.3) is 5.79 Å². The van der Waals surface area contributed by atoms with Gasteiger partial charge in [-0.15, -0.1) is 0 Å². The molecule has 0 radical (unpaired) electrons. The molecule has 0 fully saturated rings. The molecule has 0 atom stereocenters. The summed E-state index contributed by atoms with van der Waals surface area (Å²) in [6, 6.07) is 41.0. The summed E-state index contributed by atoms with van der Waals surface area (Å²) >= 11 is 0. The van der Waals surface area contributed by atoms with Gasteiger partial charge < -0.3 is 18.6 Å². The lowest BCUT2D eigenvalue weighted by Gasteiger charge is -2.52. The van der Waals surface area contributed by atoms with Gasteiger partial charge in [-0.05, 0) is 59.4 Å². The van der Waals surface area contributed by atoms with Crippen LogP contribution in [0.5, 0.6) is 11.5 Å².